The van der Waals surface area contributed by atoms with Crippen LogP contribution in [0.5, 0.6) is 0 Å². The second-order valence-corrected chi connectivity index (χ2v) is 8.17. The molecule has 0 spiro atoms. The fourth-order valence-corrected chi connectivity index (χ4v) is 4.60. The third-order valence-corrected chi connectivity index (χ3v) is 6.30. The van der Waals surface area contributed by atoms with Crippen molar-refractivity contribution < 1.29 is 18.8 Å². The lowest BCUT2D eigenvalue weighted by Gasteiger charge is -2.33. The van der Waals surface area contributed by atoms with Gasteiger partial charge >= 0.3 is 0 Å². The molecule has 2 aromatic rings. The van der Waals surface area contributed by atoms with Crippen LogP contribution in [0.3, 0.4) is 0 Å². The Kier molecular flexibility index (Phi) is 5.47. The summed E-state index contributed by atoms with van der Waals surface area (Å²) in [4.78, 5) is 42.0. The van der Waals surface area contributed by atoms with Gasteiger partial charge < -0.3 is 19.5 Å². The normalized spacial score (nSPS) is 20.4. The van der Waals surface area contributed by atoms with Crippen LogP contribution in [0.15, 0.2) is 40.5 Å². The van der Waals surface area contributed by atoms with Crippen molar-refractivity contribution in [1.82, 2.24) is 15.1 Å². The first-order chi connectivity index (χ1) is 13.6. The van der Waals surface area contributed by atoms with Crippen LogP contribution in [-0.4, -0.2) is 59.2 Å². The van der Waals surface area contributed by atoms with E-state index in [0.29, 0.717) is 49.3 Å². The fourth-order valence-electron chi connectivity index (χ4n) is 3.92. The maximum Gasteiger partial charge on any atom is 0.264 e. The number of nitrogens with one attached hydrogen (secondary N) is 1. The minimum atomic E-state index is -0.403. The van der Waals surface area contributed by atoms with Crippen LogP contribution in [0, 0.1) is 0 Å². The highest BCUT2D eigenvalue weighted by Gasteiger charge is 2.36. The molecule has 0 aromatic carbocycles. The Morgan fingerprint density at radius 2 is 1.89 bits per heavy atom. The summed E-state index contributed by atoms with van der Waals surface area (Å²) < 4.78 is 4.98. The number of furan rings is 1. The van der Waals surface area contributed by atoms with Gasteiger partial charge in [-0.3, -0.25) is 14.4 Å². The Morgan fingerprint density at radius 1 is 1.07 bits per heavy atom. The number of carbonyl (C=O) groups excluding carboxylic acids is 3. The van der Waals surface area contributed by atoms with E-state index >= 15 is 0 Å². The molecule has 2 saturated heterocycles. The third-order valence-electron chi connectivity index (χ3n) is 5.44. The van der Waals surface area contributed by atoms with Crippen molar-refractivity contribution >= 4 is 29.1 Å². The van der Waals surface area contributed by atoms with Crippen molar-refractivity contribution in [2.24, 2.45) is 0 Å². The van der Waals surface area contributed by atoms with E-state index in [2.05, 4.69) is 5.32 Å². The SMILES string of the molecule is O=C(NC1CCN(C(=O)c2ccoc2)CC1)[C@@H]1CCCN1C(=O)c1cccs1. The van der Waals surface area contributed by atoms with Gasteiger partial charge in [0.1, 0.15) is 12.3 Å². The number of likely N-dealkylation sites (tertiary alicyclic amines) is 2. The molecule has 2 aliphatic heterocycles. The van der Waals surface area contributed by atoms with Gasteiger partial charge in [0.25, 0.3) is 11.8 Å². The van der Waals surface area contributed by atoms with Crippen LogP contribution in [0.25, 0.3) is 0 Å². The van der Waals surface area contributed by atoms with Crippen LogP contribution in [0.2, 0.25) is 0 Å². The lowest BCUT2D eigenvalue weighted by atomic mass is 10.0. The van der Waals surface area contributed by atoms with E-state index in [1.807, 2.05) is 11.4 Å². The average Bonchev–Trinajstić information content (AvgIpc) is 3.50. The standard InChI is InChI=1S/C20H23N3O4S/c24-18(16-3-1-8-23(16)20(26)17-4-2-12-28-17)21-15-5-9-22(10-6-15)19(25)14-7-11-27-13-14/h2,4,7,11-13,15-16H,1,3,5-6,8-10H2,(H,21,24)/t16-/m0/s1. The molecule has 3 amide bonds. The number of hydrogen-bond acceptors (Lipinski definition) is 5. The molecule has 28 heavy (non-hydrogen) atoms. The Labute approximate surface area is 167 Å². The Morgan fingerprint density at radius 3 is 2.57 bits per heavy atom. The van der Waals surface area contributed by atoms with Gasteiger partial charge in [0.15, 0.2) is 0 Å². The summed E-state index contributed by atoms with van der Waals surface area (Å²) in [5.74, 6) is -0.183. The van der Waals surface area contributed by atoms with Gasteiger partial charge in [0.2, 0.25) is 5.91 Å². The zero-order valence-corrected chi connectivity index (χ0v) is 16.3. The molecule has 0 saturated carbocycles. The van der Waals surface area contributed by atoms with Crippen molar-refractivity contribution in [2.45, 2.75) is 37.8 Å². The van der Waals surface area contributed by atoms with E-state index in [9.17, 15) is 14.4 Å². The maximum absolute atomic E-state index is 12.8. The van der Waals surface area contributed by atoms with Crippen LogP contribution in [0.4, 0.5) is 0 Å². The number of amides is 3. The first-order valence-corrected chi connectivity index (χ1v) is 10.5. The first-order valence-electron chi connectivity index (χ1n) is 9.60. The zero-order chi connectivity index (χ0) is 19.5. The van der Waals surface area contributed by atoms with Gasteiger partial charge in [0.05, 0.1) is 16.7 Å². The summed E-state index contributed by atoms with van der Waals surface area (Å²) in [6.07, 6.45) is 5.90. The topological polar surface area (TPSA) is 82.9 Å². The molecule has 4 heterocycles. The molecule has 2 aliphatic rings. The Hall–Kier alpha value is -2.61. The van der Waals surface area contributed by atoms with Crippen molar-refractivity contribution in [3.05, 3.63) is 46.5 Å². The smallest absolute Gasteiger partial charge is 0.264 e. The van der Waals surface area contributed by atoms with E-state index < -0.39 is 6.04 Å². The first kappa shape index (κ1) is 18.7. The minimum absolute atomic E-state index is 0.0280. The van der Waals surface area contributed by atoms with Gasteiger partial charge in [0, 0.05) is 25.7 Å². The monoisotopic (exact) mass is 401 g/mol. The molecule has 1 atom stereocenters. The second-order valence-electron chi connectivity index (χ2n) is 7.22. The number of carbonyl (C=O) groups is 3. The number of hydrogen-bond donors (Lipinski definition) is 1. The van der Waals surface area contributed by atoms with E-state index in [-0.39, 0.29) is 23.8 Å². The highest BCUT2D eigenvalue weighted by atomic mass is 32.1. The van der Waals surface area contributed by atoms with Crippen molar-refractivity contribution in [2.75, 3.05) is 19.6 Å². The van der Waals surface area contributed by atoms with Gasteiger partial charge in [-0.15, -0.1) is 11.3 Å². The summed E-state index contributed by atoms with van der Waals surface area (Å²) in [6.45, 7) is 1.81. The highest BCUT2D eigenvalue weighted by molar-refractivity contribution is 7.12. The van der Waals surface area contributed by atoms with E-state index in [1.54, 1.807) is 21.9 Å². The molecule has 8 heteroatoms. The average molecular weight is 401 g/mol. The molecule has 7 nitrogen and oxygen atoms in total. The van der Waals surface area contributed by atoms with E-state index in [4.69, 9.17) is 4.42 Å². The molecule has 0 unspecified atom stereocenters. The van der Waals surface area contributed by atoms with E-state index in [1.165, 1.54) is 23.9 Å². The Bertz CT molecular complexity index is 826. The van der Waals surface area contributed by atoms with Crippen LogP contribution >= 0.6 is 11.3 Å². The van der Waals surface area contributed by atoms with Gasteiger partial charge in [-0.1, -0.05) is 6.07 Å². The lowest BCUT2D eigenvalue weighted by Crippen LogP contribution is -2.52. The molecule has 0 radical (unpaired) electrons. The van der Waals surface area contributed by atoms with Crippen LogP contribution in [0.1, 0.15) is 45.7 Å². The highest BCUT2D eigenvalue weighted by Crippen LogP contribution is 2.23. The molecule has 0 bridgehead atoms. The summed E-state index contributed by atoms with van der Waals surface area (Å²) in [6, 6.07) is 4.94. The number of piperidine rings is 1. The molecule has 1 N–H and O–H groups in total. The third kappa shape index (κ3) is 3.82. The van der Waals surface area contributed by atoms with Crippen molar-refractivity contribution in [1.29, 1.82) is 0 Å². The molecular formula is C20H23N3O4S. The predicted octanol–water partition coefficient (Wildman–Crippen LogP) is 2.37. The number of nitrogens with zero attached hydrogens (tertiary/aromatic N) is 2. The zero-order valence-electron chi connectivity index (χ0n) is 15.5. The summed E-state index contributed by atoms with van der Waals surface area (Å²) in [7, 11) is 0. The molecule has 148 valence electrons. The molecule has 2 aromatic heterocycles. The fraction of sp³-hybridized carbons (Fsp3) is 0.450. The quantitative estimate of drug-likeness (QED) is 0.853. The van der Waals surface area contributed by atoms with Gasteiger partial charge in [-0.2, -0.15) is 0 Å². The molecule has 4 rings (SSSR count). The molecule has 0 aliphatic carbocycles. The second kappa shape index (κ2) is 8.18. The Balaban J connectivity index is 1.30. The number of thiophene rings is 1. The van der Waals surface area contributed by atoms with Gasteiger partial charge in [-0.05, 0) is 43.2 Å². The summed E-state index contributed by atoms with van der Waals surface area (Å²) >= 11 is 1.40. The largest absolute Gasteiger partial charge is 0.472 e. The number of rotatable bonds is 4. The molecular weight excluding hydrogens is 378 g/mol. The van der Waals surface area contributed by atoms with E-state index in [0.717, 1.165) is 6.42 Å². The summed E-state index contributed by atoms with van der Waals surface area (Å²) in [5.41, 5.74) is 0.552. The van der Waals surface area contributed by atoms with Crippen LogP contribution < -0.4 is 5.32 Å². The predicted molar refractivity (Wildman–Crippen MR) is 104 cm³/mol. The minimum Gasteiger partial charge on any atom is -0.472 e. The summed E-state index contributed by atoms with van der Waals surface area (Å²) in [5, 5.41) is 4.97. The van der Waals surface area contributed by atoms with Crippen LogP contribution in [-0.2, 0) is 4.79 Å². The van der Waals surface area contributed by atoms with Crippen molar-refractivity contribution in [3.8, 4) is 0 Å². The lowest BCUT2D eigenvalue weighted by molar-refractivity contribution is -0.125. The maximum atomic E-state index is 12.8. The molecule has 2 fully saturated rings. The van der Waals surface area contributed by atoms with Crippen molar-refractivity contribution in [3.63, 3.8) is 0 Å². The van der Waals surface area contributed by atoms with Gasteiger partial charge in [-0.25, -0.2) is 0 Å².